The van der Waals surface area contributed by atoms with Crippen LogP contribution in [0.25, 0.3) is 10.6 Å². The quantitative estimate of drug-likeness (QED) is 0.769. The van der Waals surface area contributed by atoms with Gasteiger partial charge in [-0.1, -0.05) is 12.2 Å². The van der Waals surface area contributed by atoms with Crippen LogP contribution in [0.5, 0.6) is 0 Å². The van der Waals surface area contributed by atoms with Crippen molar-refractivity contribution in [3.63, 3.8) is 0 Å². The molecule has 1 amide bonds. The summed E-state index contributed by atoms with van der Waals surface area (Å²) in [6.45, 7) is 10.2. The molecule has 0 aliphatic rings. The van der Waals surface area contributed by atoms with Crippen molar-refractivity contribution in [3.8, 4) is 10.6 Å². The first-order valence-electron chi connectivity index (χ1n) is 6.56. The average Bonchev–Trinajstić information content (AvgIpc) is 2.89. The predicted octanol–water partition coefficient (Wildman–Crippen LogP) is 3.33. The third-order valence-corrected chi connectivity index (χ3v) is 4.08. The molecule has 4 nitrogen and oxygen atoms in total. The van der Waals surface area contributed by atoms with E-state index >= 15 is 0 Å². The van der Waals surface area contributed by atoms with Crippen LogP contribution in [0.15, 0.2) is 49.8 Å². The van der Waals surface area contributed by atoms with Crippen molar-refractivity contribution in [2.45, 2.75) is 6.92 Å². The second-order valence-electron chi connectivity index (χ2n) is 4.46. The Kier molecular flexibility index (Phi) is 5.00. The van der Waals surface area contributed by atoms with Crippen molar-refractivity contribution < 1.29 is 4.79 Å². The monoisotopic (exact) mass is 299 g/mol. The van der Waals surface area contributed by atoms with Gasteiger partial charge in [-0.3, -0.25) is 9.78 Å². The molecule has 2 heterocycles. The number of carbonyl (C=O) groups is 1. The number of hydrogen-bond acceptors (Lipinski definition) is 4. The highest BCUT2D eigenvalue weighted by molar-refractivity contribution is 7.17. The standard InChI is InChI=1S/C16H17N3OS/c1-4-9-19(10-5-2)16(20)14-12(3)18-15(21-14)13-7-6-8-17-11-13/h4-8,11H,1-2,9-10H2,3H3. The Morgan fingerprint density at radius 1 is 1.38 bits per heavy atom. The molecule has 5 heteroatoms. The Morgan fingerprint density at radius 3 is 2.67 bits per heavy atom. The minimum absolute atomic E-state index is 0.0417. The van der Waals surface area contributed by atoms with Crippen LogP contribution in [0.3, 0.4) is 0 Å². The Labute approximate surface area is 128 Å². The van der Waals surface area contributed by atoms with Crippen molar-refractivity contribution in [2.24, 2.45) is 0 Å². The lowest BCUT2D eigenvalue weighted by Crippen LogP contribution is -2.31. The zero-order valence-corrected chi connectivity index (χ0v) is 12.8. The van der Waals surface area contributed by atoms with Crippen LogP contribution in [0.1, 0.15) is 15.4 Å². The highest BCUT2D eigenvalue weighted by Crippen LogP contribution is 2.28. The van der Waals surface area contributed by atoms with E-state index in [0.717, 1.165) is 16.3 Å². The fourth-order valence-corrected chi connectivity index (χ4v) is 2.93. The molecule has 0 aromatic carbocycles. The zero-order chi connectivity index (χ0) is 15.2. The van der Waals surface area contributed by atoms with Crippen molar-refractivity contribution in [2.75, 3.05) is 13.1 Å². The molecule has 0 bridgehead atoms. The predicted molar refractivity (Wildman–Crippen MR) is 86.4 cm³/mol. The molecule has 21 heavy (non-hydrogen) atoms. The van der Waals surface area contributed by atoms with E-state index in [0.29, 0.717) is 18.0 Å². The van der Waals surface area contributed by atoms with E-state index in [1.54, 1.807) is 29.4 Å². The molecule has 0 saturated heterocycles. The Balaban J connectivity index is 2.32. The summed E-state index contributed by atoms with van der Waals surface area (Å²) in [5.41, 5.74) is 1.66. The van der Waals surface area contributed by atoms with Gasteiger partial charge in [0.25, 0.3) is 5.91 Å². The molecule has 108 valence electrons. The minimum atomic E-state index is -0.0417. The maximum absolute atomic E-state index is 12.6. The van der Waals surface area contributed by atoms with Gasteiger partial charge in [0, 0.05) is 31.0 Å². The Hall–Kier alpha value is -2.27. The number of aromatic nitrogens is 2. The third-order valence-electron chi connectivity index (χ3n) is 2.89. The molecule has 0 saturated carbocycles. The van der Waals surface area contributed by atoms with Crippen LogP contribution < -0.4 is 0 Å². The summed E-state index contributed by atoms with van der Waals surface area (Å²) in [6, 6.07) is 3.79. The molecule has 0 fully saturated rings. The molecule has 0 radical (unpaired) electrons. The van der Waals surface area contributed by atoms with Gasteiger partial charge in [-0.15, -0.1) is 24.5 Å². The average molecular weight is 299 g/mol. The topological polar surface area (TPSA) is 46.1 Å². The molecule has 0 unspecified atom stereocenters. The first-order valence-corrected chi connectivity index (χ1v) is 7.38. The number of hydrogen-bond donors (Lipinski definition) is 0. The van der Waals surface area contributed by atoms with Gasteiger partial charge in [-0.05, 0) is 19.1 Å². The van der Waals surface area contributed by atoms with Crippen LogP contribution in [0.2, 0.25) is 0 Å². The minimum Gasteiger partial charge on any atom is -0.330 e. The Morgan fingerprint density at radius 2 is 2.10 bits per heavy atom. The Bertz CT molecular complexity index is 639. The van der Waals surface area contributed by atoms with Gasteiger partial charge in [0.15, 0.2) is 0 Å². The molecule has 2 aromatic rings. The molecule has 0 atom stereocenters. The van der Waals surface area contributed by atoms with E-state index in [1.165, 1.54) is 11.3 Å². The van der Waals surface area contributed by atoms with Crippen LogP contribution in [0.4, 0.5) is 0 Å². The third kappa shape index (κ3) is 3.44. The zero-order valence-electron chi connectivity index (χ0n) is 12.0. The highest BCUT2D eigenvalue weighted by Gasteiger charge is 2.20. The molecule has 0 spiro atoms. The van der Waals surface area contributed by atoms with Gasteiger partial charge in [-0.2, -0.15) is 0 Å². The van der Waals surface area contributed by atoms with E-state index in [2.05, 4.69) is 23.1 Å². The molecule has 0 N–H and O–H groups in total. The molecule has 2 rings (SSSR count). The normalized spacial score (nSPS) is 10.1. The van der Waals surface area contributed by atoms with E-state index in [1.807, 2.05) is 19.1 Å². The number of rotatable bonds is 6. The second-order valence-corrected chi connectivity index (χ2v) is 5.46. The van der Waals surface area contributed by atoms with E-state index in [-0.39, 0.29) is 5.91 Å². The smallest absolute Gasteiger partial charge is 0.266 e. The maximum Gasteiger partial charge on any atom is 0.266 e. The van der Waals surface area contributed by atoms with E-state index in [4.69, 9.17) is 0 Å². The first-order chi connectivity index (χ1) is 10.2. The summed E-state index contributed by atoms with van der Waals surface area (Å²) >= 11 is 1.39. The highest BCUT2D eigenvalue weighted by atomic mass is 32.1. The summed E-state index contributed by atoms with van der Waals surface area (Å²) in [6.07, 6.45) is 6.88. The summed E-state index contributed by atoms with van der Waals surface area (Å²) in [5.74, 6) is -0.0417. The number of amides is 1. The SMILES string of the molecule is C=CCN(CC=C)C(=O)c1sc(-c2cccnc2)nc1C. The van der Waals surface area contributed by atoms with Gasteiger partial charge in [0.05, 0.1) is 5.69 Å². The number of carbonyl (C=O) groups excluding carboxylic acids is 1. The van der Waals surface area contributed by atoms with Gasteiger partial charge >= 0.3 is 0 Å². The van der Waals surface area contributed by atoms with Crippen molar-refractivity contribution in [1.82, 2.24) is 14.9 Å². The van der Waals surface area contributed by atoms with Gasteiger partial charge in [0.1, 0.15) is 9.88 Å². The second kappa shape index (κ2) is 6.95. The van der Waals surface area contributed by atoms with Crippen LogP contribution in [-0.2, 0) is 0 Å². The van der Waals surface area contributed by atoms with Crippen LogP contribution in [0, 0.1) is 6.92 Å². The van der Waals surface area contributed by atoms with Crippen LogP contribution in [-0.4, -0.2) is 33.9 Å². The largest absolute Gasteiger partial charge is 0.330 e. The van der Waals surface area contributed by atoms with Crippen LogP contribution >= 0.6 is 11.3 Å². The van der Waals surface area contributed by atoms with Gasteiger partial charge < -0.3 is 4.90 Å². The lowest BCUT2D eigenvalue weighted by Gasteiger charge is -2.18. The van der Waals surface area contributed by atoms with Gasteiger partial charge in [-0.25, -0.2) is 4.98 Å². The lowest BCUT2D eigenvalue weighted by molar-refractivity contribution is 0.0794. The van der Waals surface area contributed by atoms with Crippen molar-refractivity contribution >= 4 is 17.2 Å². The number of aryl methyl sites for hydroxylation is 1. The molecular weight excluding hydrogens is 282 g/mol. The van der Waals surface area contributed by atoms with E-state index in [9.17, 15) is 4.79 Å². The maximum atomic E-state index is 12.6. The lowest BCUT2D eigenvalue weighted by atomic mass is 10.3. The van der Waals surface area contributed by atoms with E-state index < -0.39 is 0 Å². The molecule has 0 aliphatic heterocycles. The number of pyridine rings is 1. The fraction of sp³-hybridized carbons (Fsp3) is 0.188. The number of nitrogens with zero attached hydrogens (tertiary/aromatic N) is 3. The molecule has 2 aromatic heterocycles. The number of thiazole rings is 1. The molecular formula is C16H17N3OS. The van der Waals surface area contributed by atoms with Crippen molar-refractivity contribution in [1.29, 1.82) is 0 Å². The first kappa shape index (κ1) is 15.1. The summed E-state index contributed by atoms with van der Waals surface area (Å²) in [5, 5.41) is 0.807. The summed E-state index contributed by atoms with van der Waals surface area (Å²) in [7, 11) is 0. The summed E-state index contributed by atoms with van der Waals surface area (Å²) < 4.78 is 0. The van der Waals surface area contributed by atoms with Gasteiger partial charge in [0.2, 0.25) is 0 Å². The fourth-order valence-electron chi connectivity index (χ4n) is 1.90. The molecule has 0 aliphatic carbocycles. The van der Waals surface area contributed by atoms with Crippen molar-refractivity contribution in [3.05, 3.63) is 60.4 Å². The summed E-state index contributed by atoms with van der Waals surface area (Å²) in [4.78, 5) is 23.5.